The molecule has 1 amide bonds. The molecule has 0 saturated heterocycles. The number of benzene rings is 2. The molecule has 0 atom stereocenters. The van der Waals surface area contributed by atoms with E-state index in [1.165, 1.54) is 18.4 Å². The van der Waals surface area contributed by atoms with Crippen molar-refractivity contribution in [2.45, 2.75) is 6.42 Å². The lowest BCUT2D eigenvalue weighted by atomic mass is 10.1. The van der Waals surface area contributed by atoms with Gasteiger partial charge in [0, 0.05) is 29.8 Å². The van der Waals surface area contributed by atoms with Crippen LogP contribution in [0.1, 0.15) is 5.56 Å². The number of carbonyl (C=O) groups is 1. The Balaban J connectivity index is 1.87. The maximum absolute atomic E-state index is 14.0. The Bertz CT molecular complexity index is 907. The standard InChI is InChI=1S/C16H11ClF2N2O2S/c1-20-15(22)7-10-11(18)5-9(6-12(10)19)23-16-21-13-3-2-8(17)4-14(13)24-16/h2-6H,7H2,1H3,(H,20,22). The van der Waals surface area contributed by atoms with Gasteiger partial charge in [-0.1, -0.05) is 22.9 Å². The fourth-order valence-corrected chi connectivity index (χ4v) is 3.19. The molecule has 0 aliphatic heterocycles. The van der Waals surface area contributed by atoms with E-state index in [-0.39, 0.29) is 22.9 Å². The number of fused-ring (bicyclic) bond motifs is 1. The van der Waals surface area contributed by atoms with Crippen LogP contribution >= 0.6 is 22.9 Å². The van der Waals surface area contributed by atoms with Gasteiger partial charge in [-0.2, -0.15) is 0 Å². The summed E-state index contributed by atoms with van der Waals surface area (Å²) in [5.41, 5.74) is 0.370. The number of nitrogens with zero attached hydrogens (tertiary/aromatic N) is 1. The minimum absolute atomic E-state index is 0.0317. The maximum Gasteiger partial charge on any atom is 0.279 e. The predicted molar refractivity (Wildman–Crippen MR) is 88.8 cm³/mol. The van der Waals surface area contributed by atoms with Gasteiger partial charge >= 0.3 is 0 Å². The molecular formula is C16H11ClF2N2O2S. The molecule has 0 aliphatic carbocycles. The average molecular weight is 369 g/mol. The molecule has 3 aromatic rings. The Morgan fingerprint density at radius 3 is 2.67 bits per heavy atom. The van der Waals surface area contributed by atoms with E-state index in [0.29, 0.717) is 10.5 Å². The minimum Gasteiger partial charge on any atom is -0.431 e. The van der Waals surface area contributed by atoms with Gasteiger partial charge in [0.15, 0.2) is 0 Å². The number of nitrogens with one attached hydrogen (secondary N) is 1. The second kappa shape index (κ2) is 6.70. The first-order valence-electron chi connectivity index (χ1n) is 6.88. The molecule has 0 saturated carbocycles. The topological polar surface area (TPSA) is 51.2 Å². The van der Waals surface area contributed by atoms with Crippen LogP contribution in [-0.4, -0.2) is 17.9 Å². The Morgan fingerprint density at radius 2 is 2.00 bits per heavy atom. The number of likely N-dealkylation sites (N-methyl/N-ethyl adjacent to an activating group) is 1. The van der Waals surface area contributed by atoms with E-state index in [0.717, 1.165) is 16.8 Å². The summed E-state index contributed by atoms with van der Waals surface area (Å²) in [7, 11) is 1.40. The van der Waals surface area contributed by atoms with Gasteiger partial charge < -0.3 is 10.1 Å². The molecule has 0 spiro atoms. The first-order valence-corrected chi connectivity index (χ1v) is 8.08. The van der Waals surface area contributed by atoms with Gasteiger partial charge in [-0.3, -0.25) is 4.79 Å². The lowest BCUT2D eigenvalue weighted by Gasteiger charge is -2.07. The summed E-state index contributed by atoms with van der Waals surface area (Å²) in [6, 6.07) is 7.21. The monoisotopic (exact) mass is 368 g/mol. The fourth-order valence-electron chi connectivity index (χ4n) is 2.08. The van der Waals surface area contributed by atoms with Gasteiger partial charge in [0.05, 0.1) is 16.6 Å². The number of ether oxygens (including phenoxy) is 1. The molecule has 0 unspecified atom stereocenters. The Kier molecular flexibility index (Phi) is 4.64. The highest BCUT2D eigenvalue weighted by molar-refractivity contribution is 7.20. The van der Waals surface area contributed by atoms with Crippen LogP contribution in [-0.2, 0) is 11.2 Å². The average Bonchev–Trinajstić information content (AvgIpc) is 2.91. The third kappa shape index (κ3) is 3.47. The Labute approximate surface area is 145 Å². The van der Waals surface area contributed by atoms with E-state index < -0.39 is 17.5 Å². The molecule has 3 rings (SSSR count). The van der Waals surface area contributed by atoms with Crippen molar-refractivity contribution in [2.75, 3.05) is 7.05 Å². The molecule has 1 aromatic heterocycles. The highest BCUT2D eigenvalue weighted by Gasteiger charge is 2.16. The molecule has 0 aliphatic rings. The van der Waals surface area contributed by atoms with Crippen molar-refractivity contribution in [3.05, 3.63) is 52.6 Å². The van der Waals surface area contributed by atoms with E-state index in [9.17, 15) is 13.6 Å². The maximum atomic E-state index is 14.0. The molecule has 24 heavy (non-hydrogen) atoms. The van der Waals surface area contributed by atoms with Gasteiger partial charge in [0.25, 0.3) is 5.19 Å². The van der Waals surface area contributed by atoms with Gasteiger partial charge in [0.1, 0.15) is 17.4 Å². The van der Waals surface area contributed by atoms with Crippen molar-refractivity contribution < 1.29 is 18.3 Å². The first kappa shape index (κ1) is 16.6. The molecule has 0 bridgehead atoms. The van der Waals surface area contributed by atoms with E-state index in [1.54, 1.807) is 18.2 Å². The van der Waals surface area contributed by atoms with Crippen LogP contribution in [0.4, 0.5) is 8.78 Å². The summed E-state index contributed by atoms with van der Waals surface area (Å²) in [4.78, 5) is 15.5. The fraction of sp³-hybridized carbons (Fsp3) is 0.125. The summed E-state index contributed by atoms with van der Waals surface area (Å²) < 4.78 is 34.3. The zero-order valence-electron chi connectivity index (χ0n) is 12.4. The summed E-state index contributed by atoms with van der Waals surface area (Å²) in [6.07, 6.45) is -0.381. The highest BCUT2D eigenvalue weighted by Crippen LogP contribution is 2.33. The van der Waals surface area contributed by atoms with Crippen LogP contribution in [0.25, 0.3) is 10.2 Å². The van der Waals surface area contributed by atoms with Crippen molar-refractivity contribution in [1.82, 2.24) is 10.3 Å². The lowest BCUT2D eigenvalue weighted by Crippen LogP contribution is -2.21. The number of amides is 1. The molecule has 124 valence electrons. The van der Waals surface area contributed by atoms with Crippen molar-refractivity contribution in [2.24, 2.45) is 0 Å². The molecular weight excluding hydrogens is 358 g/mol. The van der Waals surface area contributed by atoms with Gasteiger partial charge in [-0.15, -0.1) is 0 Å². The summed E-state index contributed by atoms with van der Waals surface area (Å²) in [6.45, 7) is 0. The van der Waals surface area contributed by atoms with Crippen molar-refractivity contribution in [3.8, 4) is 10.9 Å². The number of carbonyl (C=O) groups excluding carboxylic acids is 1. The number of rotatable bonds is 4. The smallest absolute Gasteiger partial charge is 0.279 e. The molecule has 4 nitrogen and oxygen atoms in total. The number of aromatic nitrogens is 1. The third-order valence-corrected chi connectivity index (χ3v) is 4.40. The normalized spacial score (nSPS) is 10.8. The molecule has 0 radical (unpaired) electrons. The number of halogens is 3. The third-order valence-electron chi connectivity index (χ3n) is 3.27. The molecule has 2 aromatic carbocycles. The summed E-state index contributed by atoms with van der Waals surface area (Å²) in [5.74, 6) is -2.21. The van der Waals surface area contributed by atoms with Crippen molar-refractivity contribution in [3.63, 3.8) is 0 Å². The zero-order chi connectivity index (χ0) is 17.3. The predicted octanol–water partition coefficient (Wildman–Crippen LogP) is 4.31. The van der Waals surface area contributed by atoms with Crippen LogP contribution in [0.15, 0.2) is 30.3 Å². The number of hydrogen-bond donors (Lipinski definition) is 1. The van der Waals surface area contributed by atoms with E-state index in [4.69, 9.17) is 16.3 Å². The van der Waals surface area contributed by atoms with Crippen LogP contribution in [0.2, 0.25) is 5.02 Å². The van der Waals surface area contributed by atoms with E-state index >= 15 is 0 Å². The lowest BCUT2D eigenvalue weighted by molar-refractivity contribution is -0.120. The number of thiazole rings is 1. The van der Waals surface area contributed by atoms with Crippen LogP contribution in [0.3, 0.4) is 0 Å². The Hall–Kier alpha value is -2.25. The largest absolute Gasteiger partial charge is 0.431 e. The van der Waals surface area contributed by atoms with Crippen LogP contribution in [0.5, 0.6) is 10.9 Å². The highest BCUT2D eigenvalue weighted by atomic mass is 35.5. The quantitative estimate of drug-likeness (QED) is 0.746. The van der Waals surface area contributed by atoms with Gasteiger partial charge in [-0.25, -0.2) is 13.8 Å². The van der Waals surface area contributed by atoms with Gasteiger partial charge in [-0.05, 0) is 18.2 Å². The summed E-state index contributed by atoms with van der Waals surface area (Å²) in [5, 5.41) is 3.12. The van der Waals surface area contributed by atoms with Crippen LogP contribution in [0, 0.1) is 11.6 Å². The SMILES string of the molecule is CNC(=O)Cc1c(F)cc(Oc2nc3ccc(Cl)cc3s2)cc1F. The Morgan fingerprint density at radius 1 is 1.29 bits per heavy atom. The van der Waals surface area contributed by atoms with Crippen LogP contribution < -0.4 is 10.1 Å². The second-order valence-electron chi connectivity index (χ2n) is 4.91. The van der Waals surface area contributed by atoms with E-state index in [2.05, 4.69) is 10.3 Å². The van der Waals surface area contributed by atoms with Crippen molar-refractivity contribution >= 4 is 39.1 Å². The van der Waals surface area contributed by atoms with E-state index in [1.807, 2.05) is 0 Å². The first-order chi connectivity index (χ1) is 11.5. The van der Waals surface area contributed by atoms with Gasteiger partial charge in [0.2, 0.25) is 5.91 Å². The second-order valence-corrected chi connectivity index (χ2v) is 6.34. The zero-order valence-corrected chi connectivity index (χ0v) is 14.0. The molecule has 1 heterocycles. The number of hydrogen-bond acceptors (Lipinski definition) is 4. The molecule has 8 heteroatoms. The van der Waals surface area contributed by atoms with Crippen molar-refractivity contribution in [1.29, 1.82) is 0 Å². The summed E-state index contributed by atoms with van der Waals surface area (Å²) >= 11 is 7.12. The molecule has 0 fully saturated rings. The molecule has 1 N–H and O–H groups in total. The minimum atomic E-state index is -0.849.